The largest absolute Gasteiger partial charge is 0.493 e. The van der Waals surface area contributed by atoms with Crippen LogP contribution in [0.25, 0.3) is 6.08 Å². The average Bonchev–Trinajstić information content (AvgIpc) is 2.75. The van der Waals surface area contributed by atoms with Gasteiger partial charge >= 0.3 is 5.97 Å². The van der Waals surface area contributed by atoms with Crippen molar-refractivity contribution in [1.29, 1.82) is 0 Å². The van der Waals surface area contributed by atoms with Crippen molar-refractivity contribution in [2.45, 2.75) is 58.2 Å². The Bertz CT molecular complexity index is 782. The summed E-state index contributed by atoms with van der Waals surface area (Å²) in [6.45, 7) is 3.15. The Labute approximate surface area is 179 Å². The van der Waals surface area contributed by atoms with Crippen LogP contribution < -0.4 is 9.47 Å². The number of aliphatic carboxylic acids is 1. The normalized spacial score (nSPS) is 12.1. The van der Waals surface area contributed by atoms with Gasteiger partial charge in [0, 0.05) is 12.1 Å². The highest BCUT2D eigenvalue weighted by Gasteiger charge is 2.04. The van der Waals surface area contributed by atoms with Gasteiger partial charge in [0.15, 0.2) is 0 Å². The molecule has 0 bridgehead atoms. The lowest BCUT2D eigenvalue weighted by Gasteiger charge is -2.12. The highest BCUT2D eigenvalue weighted by Crippen LogP contribution is 2.21. The molecule has 0 spiro atoms. The molecular formula is C25H32O5. The summed E-state index contributed by atoms with van der Waals surface area (Å²) in [5.41, 5.74) is 1.82. The maximum atomic E-state index is 10.6. The fourth-order valence-electron chi connectivity index (χ4n) is 3.00. The molecule has 0 amide bonds. The van der Waals surface area contributed by atoms with Gasteiger partial charge in [-0.2, -0.15) is 0 Å². The summed E-state index contributed by atoms with van der Waals surface area (Å²) in [6, 6.07) is 15.1. The van der Waals surface area contributed by atoms with Gasteiger partial charge in [0.25, 0.3) is 0 Å². The number of carboxylic acids is 1. The molecule has 5 nitrogen and oxygen atoms in total. The molecule has 0 fully saturated rings. The fourth-order valence-corrected chi connectivity index (χ4v) is 3.00. The van der Waals surface area contributed by atoms with Crippen LogP contribution in [0.4, 0.5) is 0 Å². The van der Waals surface area contributed by atoms with E-state index < -0.39 is 5.97 Å². The molecule has 0 aromatic heterocycles. The second-order valence-electron chi connectivity index (χ2n) is 7.32. The third-order valence-corrected chi connectivity index (χ3v) is 4.70. The smallest absolute Gasteiger partial charge is 0.328 e. The van der Waals surface area contributed by atoms with E-state index in [1.54, 1.807) is 6.08 Å². The molecular weight excluding hydrogens is 380 g/mol. The number of unbranched alkanes of at least 4 members (excludes halogenated alkanes) is 2. The quantitative estimate of drug-likeness (QED) is 0.318. The van der Waals surface area contributed by atoms with Gasteiger partial charge in [-0.3, -0.25) is 0 Å². The zero-order valence-corrected chi connectivity index (χ0v) is 17.6. The van der Waals surface area contributed by atoms with Crippen molar-refractivity contribution in [3.63, 3.8) is 0 Å². The van der Waals surface area contributed by atoms with E-state index in [4.69, 9.17) is 14.6 Å². The molecule has 2 N–H and O–H groups in total. The van der Waals surface area contributed by atoms with Gasteiger partial charge in [-0.15, -0.1) is 0 Å². The van der Waals surface area contributed by atoms with Crippen LogP contribution in [0.1, 0.15) is 56.6 Å². The predicted octanol–water partition coefficient (Wildman–Crippen LogP) is 5.46. The van der Waals surface area contributed by atoms with Crippen molar-refractivity contribution in [3.8, 4) is 11.5 Å². The van der Waals surface area contributed by atoms with Gasteiger partial charge < -0.3 is 19.7 Å². The Balaban J connectivity index is 1.73. The van der Waals surface area contributed by atoms with E-state index in [-0.39, 0.29) is 6.10 Å². The molecule has 2 aromatic carbocycles. The molecule has 162 valence electrons. The molecule has 0 radical (unpaired) electrons. The third-order valence-electron chi connectivity index (χ3n) is 4.70. The first-order valence-corrected chi connectivity index (χ1v) is 10.6. The Morgan fingerprint density at radius 2 is 1.70 bits per heavy atom. The van der Waals surface area contributed by atoms with Crippen LogP contribution >= 0.6 is 0 Å². The van der Waals surface area contributed by atoms with Crippen LogP contribution in [0.2, 0.25) is 0 Å². The lowest BCUT2D eigenvalue weighted by atomic mass is 10.1. The summed E-state index contributed by atoms with van der Waals surface area (Å²) < 4.78 is 11.6. The molecule has 0 saturated carbocycles. The zero-order chi connectivity index (χ0) is 21.6. The van der Waals surface area contributed by atoms with Gasteiger partial charge in [0.2, 0.25) is 0 Å². The van der Waals surface area contributed by atoms with E-state index in [1.165, 1.54) is 12.8 Å². The SMILES string of the molecule is CCCCCC(O)CCCOc1cccc(OCc2ccc(C=CC(=O)O)cc2)c1. The number of aliphatic hydroxyl groups is 1. The Morgan fingerprint density at radius 1 is 1.00 bits per heavy atom. The zero-order valence-electron chi connectivity index (χ0n) is 17.6. The average molecular weight is 413 g/mol. The monoisotopic (exact) mass is 412 g/mol. The van der Waals surface area contributed by atoms with Crippen molar-refractivity contribution in [2.24, 2.45) is 0 Å². The molecule has 0 aliphatic heterocycles. The molecule has 0 aliphatic carbocycles. The van der Waals surface area contributed by atoms with Gasteiger partial charge in [-0.25, -0.2) is 4.79 Å². The lowest BCUT2D eigenvalue weighted by molar-refractivity contribution is -0.131. The van der Waals surface area contributed by atoms with Gasteiger partial charge in [-0.05, 0) is 48.6 Å². The minimum atomic E-state index is -0.965. The molecule has 0 aliphatic rings. The topological polar surface area (TPSA) is 76.0 Å². The molecule has 1 atom stereocenters. The summed E-state index contributed by atoms with van der Waals surface area (Å²) >= 11 is 0. The molecule has 0 saturated heterocycles. The molecule has 2 rings (SSSR count). The molecule has 1 unspecified atom stereocenters. The summed E-state index contributed by atoms with van der Waals surface area (Å²) in [6.07, 6.45) is 8.31. The first-order chi connectivity index (χ1) is 14.6. The van der Waals surface area contributed by atoms with Gasteiger partial charge in [-0.1, -0.05) is 56.5 Å². The van der Waals surface area contributed by atoms with E-state index in [0.717, 1.165) is 54.4 Å². The molecule has 30 heavy (non-hydrogen) atoms. The summed E-state index contributed by atoms with van der Waals surface area (Å²) in [7, 11) is 0. The van der Waals surface area contributed by atoms with Crippen LogP contribution in [-0.4, -0.2) is 28.9 Å². The second kappa shape index (κ2) is 13.4. The van der Waals surface area contributed by atoms with Crippen LogP contribution in [0, 0.1) is 0 Å². The van der Waals surface area contributed by atoms with Gasteiger partial charge in [0.1, 0.15) is 18.1 Å². The van der Waals surface area contributed by atoms with E-state index in [0.29, 0.717) is 13.2 Å². The van der Waals surface area contributed by atoms with Crippen LogP contribution in [0.3, 0.4) is 0 Å². The summed E-state index contributed by atoms with van der Waals surface area (Å²) in [5.74, 6) is 0.511. The maximum Gasteiger partial charge on any atom is 0.328 e. The van der Waals surface area contributed by atoms with E-state index >= 15 is 0 Å². The standard InChI is InChI=1S/C25H32O5/c1-2-3-4-7-22(26)8-6-17-29-23-9-5-10-24(18-23)30-19-21-13-11-20(12-14-21)15-16-25(27)28/h5,9-16,18,22,26H,2-4,6-8,17,19H2,1H3,(H,27,28). The number of benzene rings is 2. The second-order valence-corrected chi connectivity index (χ2v) is 7.32. The minimum absolute atomic E-state index is 0.235. The lowest BCUT2D eigenvalue weighted by Crippen LogP contribution is -2.09. The molecule has 2 aromatic rings. The Hall–Kier alpha value is -2.79. The maximum absolute atomic E-state index is 10.6. The van der Waals surface area contributed by atoms with E-state index in [9.17, 15) is 9.90 Å². The van der Waals surface area contributed by atoms with Crippen molar-refractivity contribution in [1.82, 2.24) is 0 Å². The first kappa shape index (κ1) is 23.5. The highest BCUT2D eigenvalue weighted by atomic mass is 16.5. The third kappa shape index (κ3) is 9.61. The van der Waals surface area contributed by atoms with Gasteiger partial charge in [0.05, 0.1) is 12.7 Å². The van der Waals surface area contributed by atoms with E-state index in [2.05, 4.69) is 6.92 Å². The van der Waals surface area contributed by atoms with Crippen molar-refractivity contribution >= 4 is 12.0 Å². The number of carboxylic acid groups (broad SMARTS) is 1. The number of carbonyl (C=O) groups is 1. The van der Waals surface area contributed by atoms with Crippen molar-refractivity contribution in [3.05, 3.63) is 65.7 Å². The highest BCUT2D eigenvalue weighted by molar-refractivity contribution is 5.85. The number of aliphatic hydroxyl groups excluding tert-OH is 1. The Kier molecular flexibility index (Phi) is 10.5. The summed E-state index contributed by atoms with van der Waals surface area (Å²) in [4.78, 5) is 10.6. The fraction of sp³-hybridized carbons (Fsp3) is 0.400. The van der Waals surface area contributed by atoms with Crippen LogP contribution in [0.5, 0.6) is 11.5 Å². The molecule has 0 heterocycles. The Morgan fingerprint density at radius 3 is 2.40 bits per heavy atom. The number of hydrogen-bond donors (Lipinski definition) is 2. The van der Waals surface area contributed by atoms with E-state index in [1.807, 2.05) is 48.5 Å². The predicted molar refractivity (Wildman–Crippen MR) is 119 cm³/mol. The number of hydrogen-bond acceptors (Lipinski definition) is 4. The van der Waals surface area contributed by atoms with Crippen LogP contribution in [0.15, 0.2) is 54.6 Å². The molecule has 5 heteroatoms. The van der Waals surface area contributed by atoms with Crippen molar-refractivity contribution < 1.29 is 24.5 Å². The number of ether oxygens (including phenoxy) is 2. The van der Waals surface area contributed by atoms with Crippen LogP contribution in [-0.2, 0) is 11.4 Å². The minimum Gasteiger partial charge on any atom is -0.493 e. The number of rotatable bonds is 14. The summed E-state index contributed by atoms with van der Waals surface area (Å²) in [5, 5.41) is 18.6. The van der Waals surface area contributed by atoms with Crippen molar-refractivity contribution in [2.75, 3.05) is 6.61 Å². The first-order valence-electron chi connectivity index (χ1n) is 10.6.